The van der Waals surface area contributed by atoms with Gasteiger partial charge in [-0.1, -0.05) is 18.9 Å². The number of carbonyl (C=O) groups is 1. The molecule has 3 rings (SSSR count). The zero-order valence-electron chi connectivity index (χ0n) is 14.1. The van der Waals surface area contributed by atoms with Gasteiger partial charge in [0.05, 0.1) is 4.90 Å². The van der Waals surface area contributed by atoms with Gasteiger partial charge in [0.25, 0.3) is 0 Å². The van der Waals surface area contributed by atoms with Crippen molar-refractivity contribution >= 4 is 33.0 Å². The van der Waals surface area contributed by atoms with Crippen LogP contribution in [0.25, 0.3) is 0 Å². The first kappa shape index (κ1) is 18.1. The molecule has 1 aliphatic carbocycles. The first-order valence-corrected chi connectivity index (χ1v) is 10.7. The fourth-order valence-corrected chi connectivity index (χ4v) is 5.66. The molecule has 1 N–H and O–H groups in total. The maximum Gasteiger partial charge on any atom is 0.243 e. The van der Waals surface area contributed by atoms with Gasteiger partial charge in [-0.2, -0.15) is 4.31 Å². The highest BCUT2D eigenvalue weighted by atomic mass is 32.2. The number of hydrogen-bond donors (Lipinski definition) is 1. The number of nitrogens with one attached hydrogen (secondary N) is 1. The van der Waals surface area contributed by atoms with Crippen LogP contribution in [0, 0.1) is 0 Å². The summed E-state index contributed by atoms with van der Waals surface area (Å²) in [6.07, 6.45) is 3.97. The maximum absolute atomic E-state index is 13.2. The van der Waals surface area contributed by atoms with Crippen LogP contribution in [0.2, 0.25) is 0 Å². The summed E-state index contributed by atoms with van der Waals surface area (Å²) in [5.41, 5.74) is 0.595. The van der Waals surface area contributed by atoms with E-state index in [2.05, 4.69) is 5.32 Å². The van der Waals surface area contributed by atoms with Gasteiger partial charge in [0, 0.05) is 30.1 Å². The average molecular weight is 379 g/mol. The largest absolute Gasteiger partial charge is 0.326 e. The van der Waals surface area contributed by atoms with Gasteiger partial charge in [-0.25, -0.2) is 8.42 Å². The Bertz CT molecular complexity index is 809. The fourth-order valence-electron chi connectivity index (χ4n) is 3.21. The van der Waals surface area contributed by atoms with Gasteiger partial charge in [0.15, 0.2) is 0 Å². The van der Waals surface area contributed by atoms with E-state index in [0.717, 1.165) is 30.6 Å². The molecule has 1 heterocycles. The number of sulfonamides is 1. The van der Waals surface area contributed by atoms with E-state index in [1.807, 2.05) is 17.5 Å². The standard InChI is InChI=1S/C18H22N2O3S2/c1-14(21)19-15-8-10-18(11-9-15)25(22,23)20(16-5-2-3-6-16)13-17-7-4-12-24-17/h4,7-12,16H,2-3,5-6,13H2,1H3,(H,19,21). The van der Waals surface area contributed by atoms with Crippen LogP contribution >= 0.6 is 11.3 Å². The van der Waals surface area contributed by atoms with E-state index in [0.29, 0.717) is 12.2 Å². The molecule has 1 aromatic heterocycles. The molecular formula is C18H22N2O3S2. The molecule has 25 heavy (non-hydrogen) atoms. The summed E-state index contributed by atoms with van der Waals surface area (Å²) in [6.45, 7) is 1.84. The highest BCUT2D eigenvalue weighted by molar-refractivity contribution is 7.89. The van der Waals surface area contributed by atoms with Crippen LogP contribution in [-0.4, -0.2) is 24.7 Å². The average Bonchev–Trinajstić information content (AvgIpc) is 3.26. The van der Waals surface area contributed by atoms with Crippen LogP contribution in [-0.2, 0) is 21.4 Å². The van der Waals surface area contributed by atoms with E-state index >= 15 is 0 Å². The minimum absolute atomic E-state index is 0.0575. The molecule has 0 radical (unpaired) electrons. The fraction of sp³-hybridized carbons (Fsp3) is 0.389. The summed E-state index contributed by atoms with van der Waals surface area (Å²) in [5, 5.41) is 4.63. The van der Waals surface area contributed by atoms with Crippen molar-refractivity contribution in [3.05, 3.63) is 46.7 Å². The van der Waals surface area contributed by atoms with Gasteiger partial charge < -0.3 is 5.32 Å². The predicted octanol–water partition coefficient (Wildman–Crippen LogP) is 3.84. The molecule has 1 amide bonds. The van der Waals surface area contributed by atoms with Crippen molar-refractivity contribution < 1.29 is 13.2 Å². The molecule has 0 unspecified atom stereocenters. The Morgan fingerprint density at radius 3 is 2.44 bits per heavy atom. The van der Waals surface area contributed by atoms with E-state index < -0.39 is 10.0 Å². The molecule has 1 saturated carbocycles. The SMILES string of the molecule is CC(=O)Nc1ccc(S(=O)(=O)N(Cc2cccs2)C2CCCC2)cc1. The second-order valence-corrected chi connectivity index (χ2v) is 9.20. The number of hydrogen-bond acceptors (Lipinski definition) is 4. The predicted molar refractivity (Wildman–Crippen MR) is 100 cm³/mol. The lowest BCUT2D eigenvalue weighted by Gasteiger charge is -2.27. The molecule has 5 nitrogen and oxygen atoms in total. The number of amides is 1. The molecular weight excluding hydrogens is 356 g/mol. The van der Waals surface area contributed by atoms with Gasteiger partial charge in [0.2, 0.25) is 15.9 Å². The molecule has 2 aromatic rings. The Kier molecular flexibility index (Phi) is 5.56. The highest BCUT2D eigenvalue weighted by Gasteiger charge is 2.33. The van der Waals surface area contributed by atoms with Crippen molar-refractivity contribution in [2.75, 3.05) is 5.32 Å². The molecule has 134 valence electrons. The van der Waals surface area contributed by atoms with Gasteiger partial charge in [-0.05, 0) is 48.6 Å². The first-order valence-electron chi connectivity index (χ1n) is 8.39. The number of carbonyl (C=O) groups excluding carboxylic acids is 1. The third-order valence-electron chi connectivity index (χ3n) is 4.41. The Labute approximate surface area is 152 Å². The number of benzene rings is 1. The molecule has 0 saturated heterocycles. The summed E-state index contributed by atoms with van der Waals surface area (Å²) in [5.74, 6) is -0.180. The monoisotopic (exact) mass is 378 g/mol. The number of anilines is 1. The lowest BCUT2D eigenvalue weighted by Crippen LogP contribution is -2.38. The normalized spacial score (nSPS) is 15.6. The second-order valence-electron chi connectivity index (χ2n) is 6.27. The van der Waals surface area contributed by atoms with Crippen LogP contribution in [0.3, 0.4) is 0 Å². The van der Waals surface area contributed by atoms with Crippen molar-refractivity contribution in [1.82, 2.24) is 4.31 Å². The highest BCUT2D eigenvalue weighted by Crippen LogP contribution is 2.31. The summed E-state index contributed by atoms with van der Waals surface area (Å²) in [6, 6.07) is 10.4. The molecule has 7 heteroatoms. The third kappa shape index (κ3) is 4.29. The Morgan fingerprint density at radius 1 is 1.20 bits per heavy atom. The Hall–Kier alpha value is -1.70. The minimum Gasteiger partial charge on any atom is -0.326 e. The molecule has 0 bridgehead atoms. The van der Waals surface area contributed by atoms with Crippen molar-refractivity contribution in [2.45, 2.75) is 50.1 Å². The van der Waals surface area contributed by atoms with Crippen LogP contribution in [0.4, 0.5) is 5.69 Å². The zero-order chi connectivity index (χ0) is 17.9. The van der Waals surface area contributed by atoms with Gasteiger partial charge in [-0.3, -0.25) is 4.79 Å². The topological polar surface area (TPSA) is 66.5 Å². The van der Waals surface area contributed by atoms with E-state index in [9.17, 15) is 13.2 Å². The van der Waals surface area contributed by atoms with Crippen molar-refractivity contribution in [3.63, 3.8) is 0 Å². The molecule has 1 aromatic carbocycles. The van der Waals surface area contributed by atoms with Crippen LogP contribution in [0.5, 0.6) is 0 Å². The lowest BCUT2D eigenvalue weighted by molar-refractivity contribution is -0.114. The van der Waals surface area contributed by atoms with Crippen LogP contribution in [0.15, 0.2) is 46.7 Å². The van der Waals surface area contributed by atoms with Gasteiger partial charge in [0.1, 0.15) is 0 Å². The van der Waals surface area contributed by atoms with E-state index in [4.69, 9.17) is 0 Å². The molecule has 0 aliphatic heterocycles. The van der Waals surface area contributed by atoms with Crippen LogP contribution in [0.1, 0.15) is 37.5 Å². The molecule has 1 aliphatic rings. The summed E-state index contributed by atoms with van der Waals surface area (Å²) in [7, 11) is -3.58. The zero-order valence-corrected chi connectivity index (χ0v) is 15.8. The summed E-state index contributed by atoms with van der Waals surface area (Å²) >= 11 is 1.58. The third-order valence-corrected chi connectivity index (χ3v) is 7.18. The quantitative estimate of drug-likeness (QED) is 0.830. The second kappa shape index (κ2) is 7.68. The first-order chi connectivity index (χ1) is 12.0. The number of rotatable bonds is 6. The molecule has 1 fully saturated rings. The van der Waals surface area contributed by atoms with Crippen molar-refractivity contribution in [3.8, 4) is 0 Å². The molecule has 0 atom stereocenters. The van der Waals surface area contributed by atoms with Gasteiger partial charge >= 0.3 is 0 Å². The van der Waals surface area contributed by atoms with Crippen molar-refractivity contribution in [1.29, 1.82) is 0 Å². The summed E-state index contributed by atoms with van der Waals surface area (Å²) in [4.78, 5) is 12.4. The lowest BCUT2D eigenvalue weighted by atomic mass is 10.2. The minimum atomic E-state index is -3.58. The summed E-state index contributed by atoms with van der Waals surface area (Å²) < 4.78 is 28.1. The van der Waals surface area contributed by atoms with E-state index in [-0.39, 0.29) is 16.8 Å². The van der Waals surface area contributed by atoms with Gasteiger partial charge in [-0.15, -0.1) is 11.3 Å². The van der Waals surface area contributed by atoms with Crippen molar-refractivity contribution in [2.24, 2.45) is 0 Å². The van der Waals surface area contributed by atoms with Crippen LogP contribution < -0.4 is 5.32 Å². The Balaban J connectivity index is 1.88. The molecule has 0 spiro atoms. The number of thiophene rings is 1. The number of nitrogens with zero attached hydrogens (tertiary/aromatic N) is 1. The van der Waals surface area contributed by atoms with E-state index in [1.165, 1.54) is 6.92 Å². The smallest absolute Gasteiger partial charge is 0.243 e. The van der Waals surface area contributed by atoms with E-state index in [1.54, 1.807) is 39.9 Å². The maximum atomic E-state index is 13.2. The Morgan fingerprint density at radius 2 is 1.88 bits per heavy atom.